The van der Waals surface area contributed by atoms with Gasteiger partial charge < -0.3 is 9.80 Å². The summed E-state index contributed by atoms with van der Waals surface area (Å²) in [6, 6.07) is 102. The number of allylic oxidation sites excluding steroid dienone is 4. The molecule has 2 heteroatoms. The molecule has 2 nitrogen and oxygen atoms in total. The van der Waals surface area contributed by atoms with Crippen molar-refractivity contribution in [2.24, 2.45) is 0 Å². The molecule has 0 fully saturated rings. The lowest BCUT2D eigenvalue weighted by atomic mass is 9.81. The standard InChI is InChI=1S/C88H68N2/c1-6-58(62-43-49-73-71-35-17-19-39-81(71)87(2,3)83(73)54-62)28-23-53-89(64-29-9-7-10-30-64)67-47-51-77-79(56-67)85(75-37-21-26-60-24-13-15-33-69(60)75)78-52-48-68(57-80(78)86(77)76-38-22-27-61-25-14-16-34-70(61)76)90(65-31-11-8-12-32-65)66-45-41-59(42-46-66)63-44-50-74-72-36-18-20-40-82(72)88(4,5)84(74)55-63/h6-20,22-36,38-57H,1,21,37H2,2-5H3/b53-23+,58-28+. The number of benzene rings is 13. The Hall–Kier alpha value is -10.8. The monoisotopic (exact) mass is 1150 g/mol. The van der Waals surface area contributed by atoms with Crippen LogP contribution in [0.25, 0.3) is 94.0 Å². The van der Waals surface area contributed by atoms with Crippen LogP contribution >= 0.6 is 0 Å². The van der Waals surface area contributed by atoms with Crippen LogP contribution in [-0.2, 0) is 10.8 Å². The molecule has 0 aromatic heterocycles. The van der Waals surface area contributed by atoms with Crippen molar-refractivity contribution in [3.63, 3.8) is 0 Å². The van der Waals surface area contributed by atoms with Crippen LogP contribution in [0.15, 0.2) is 304 Å². The number of rotatable bonds is 12. The Balaban J connectivity index is 0.885. The Kier molecular flexibility index (Phi) is 13.2. The molecule has 16 rings (SSSR count). The first-order chi connectivity index (χ1) is 44.1. The Labute approximate surface area is 528 Å². The molecule has 0 saturated carbocycles. The molecular weight excluding hydrogens is 1080 g/mol. The lowest BCUT2D eigenvalue weighted by Crippen LogP contribution is -2.29. The lowest BCUT2D eigenvalue weighted by molar-refractivity contribution is 0.660. The number of fused-ring (bicyclic) bond motifs is 10. The van der Waals surface area contributed by atoms with Gasteiger partial charge in [-0.25, -0.2) is 0 Å². The molecule has 0 aliphatic heterocycles. The van der Waals surface area contributed by atoms with Crippen molar-refractivity contribution < 1.29 is 0 Å². The first kappa shape index (κ1) is 54.6. The number of nitrogens with zero attached hydrogens (tertiary/aromatic N) is 2. The van der Waals surface area contributed by atoms with E-state index in [9.17, 15) is 0 Å². The van der Waals surface area contributed by atoms with Gasteiger partial charge in [-0.2, -0.15) is 0 Å². The summed E-state index contributed by atoms with van der Waals surface area (Å²) in [4.78, 5) is 4.78. The molecule has 0 bridgehead atoms. The van der Waals surface area contributed by atoms with Gasteiger partial charge in [0.05, 0.1) is 0 Å². The number of hydrogen-bond acceptors (Lipinski definition) is 2. The second kappa shape index (κ2) is 21.8. The summed E-state index contributed by atoms with van der Waals surface area (Å²) in [5.41, 5.74) is 25.8. The van der Waals surface area contributed by atoms with Gasteiger partial charge in [0, 0.05) is 45.5 Å². The van der Waals surface area contributed by atoms with Crippen molar-refractivity contribution in [2.75, 3.05) is 9.80 Å². The van der Waals surface area contributed by atoms with E-state index in [4.69, 9.17) is 0 Å². The third-order valence-electron chi connectivity index (χ3n) is 19.8. The fourth-order valence-electron chi connectivity index (χ4n) is 15.3. The van der Waals surface area contributed by atoms with E-state index in [2.05, 4.69) is 341 Å². The molecule has 0 amide bonds. The van der Waals surface area contributed by atoms with Crippen molar-refractivity contribution in [3.05, 3.63) is 348 Å². The average molecular weight is 1150 g/mol. The molecule has 3 aliphatic rings. The van der Waals surface area contributed by atoms with E-state index in [1.807, 2.05) is 6.08 Å². The van der Waals surface area contributed by atoms with Crippen LogP contribution < -0.4 is 20.2 Å². The molecule has 0 atom stereocenters. The second-order valence-corrected chi connectivity index (χ2v) is 25.5. The first-order valence-electron chi connectivity index (χ1n) is 31.7. The maximum absolute atomic E-state index is 4.36. The van der Waals surface area contributed by atoms with Gasteiger partial charge >= 0.3 is 0 Å². The van der Waals surface area contributed by atoms with Crippen LogP contribution in [0.3, 0.4) is 0 Å². The Morgan fingerprint density at radius 3 is 1.69 bits per heavy atom. The van der Waals surface area contributed by atoms with Gasteiger partial charge in [-0.15, -0.1) is 0 Å². The van der Waals surface area contributed by atoms with Gasteiger partial charge in [-0.3, -0.25) is 0 Å². The molecule has 90 heavy (non-hydrogen) atoms. The van der Waals surface area contributed by atoms with Crippen LogP contribution in [0.4, 0.5) is 28.4 Å². The van der Waals surface area contributed by atoms with E-state index in [-0.39, 0.29) is 10.8 Å². The normalized spacial score (nSPS) is 14.2. The van der Waals surface area contributed by atoms with Crippen LogP contribution in [0, 0.1) is 0 Å². The molecule has 0 unspecified atom stereocenters. The van der Waals surface area contributed by atoms with Gasteiger partial charge in [0.1, 0.15) is 0 Å². The van der Waals surface area contributed by atoms with Crippen LogP contribution in [0.5, 0.6) is 0 Å². The highest BCUT2D eigenvalue weighted by Crippen LogP contribution is 2.52. The SMILES string of the molecule is C=C/C(=C\C=C\N(c1ccccc1)c1ccc2c(-c3cccc4ccccc34)c3cc(N(c4ccccc4)c4ccc(-c5ccc6c(c5)C(C)(C)c5ccccc5-6)cc4)ccc3c(C3=c4ccccc4=CCC3)c2c1)c1ccc2c(c1)C(C)(C)c1ccccc1-2. The Bertz CT molecular complexity index is 5250. The predicted molar refractivity (Wildman–Crippen MR) is 384 cm³/mol. The van der Waals surface area contributed by atoms with Crippen LogP contribution in [-0.4, -0.2) is 0 Å². The molecule has 430 valence electrons. The minimum absolute atomic E-state index is 0.0809. The van der Waals surface area contributed by atoms with Gasteiger partial charge in [-0.1, -0.05) is 253 Å². The smallest absolute Gasteiger partial charge is 0.0468 e. The molecule has 3 aliphatic carbocycles. The molecule has 0 radical (unpaired) electrons. The van der Waals surface area contributed by atoms with E-state index < -0.39 is 0 Å². The summed E-state index contributed by atoms with van der Waals surface area (Å²) in [5.74, 6) is 0. The van der Waals surface area contributed by atoms with Gasteiger partial charge in [0.25, 0.3) is 0 Å². The molecule has 13 aromatic rings. The number of para-hydroxylation sites is 2. The van der Waals surface area contributed by atoms with Crippen molar-refractivity contribution in [1.29, 1.82) is 0 Å². The summed E-state index contributed by atoms with van der Waals surface area (Å²) in [5, 5.41) is 9.87. The van der Waals surface area contributed by atoms with Crippen LogP contribution in [0.1, 0.15) is 73.9 Å². The zero-order valence-corrected chi connectivity index (χ0v) is 51.4. The third-order valence-corrected chi connectivity index (χ3v) is 19.8. The minimum atomic E-state index is -0.104. The van der Waals surface area contributed by atoms with Crippen molar-refractivity contribution in [1.82, 2.24) is 0 Å². The second-order valence-electron chi connectivity index (χ2n) is 25.5. The number of anilines is 5. The van der Waals surface area contributed by atoms with E-state index in [1.165, 1.54) is 121 Å². The van der Waals surface area contributed by atoms with E-state index in [1.54, 1.807) is 0 Å². The molecule has 0 N–H and O–H groups in total. The van der Waals surface area contributed by atoms with Gasteiger partial charge in [0.2, 0.25) is 0 Å². The highest BCUT2D eigenvalue weighted by molar-refractivity contribution is 6.22. The van der Waals surface area contributed by atoms with Crippen molar-refractivity contribution in [3.8, 4) is 44.5 Å². The first-order valence-corrected chi connectivity index (χ1v) is 31.7. The maximum atomic E-state index is 4.36. The van der Waals surface area contributed by atoms with Gasteiger partial charge in [0.15, 0.2) is 0 Å². The lowest BCUT2D eigenvalue weighted by Gasteiger charge is -2.28. The predicted octanol–water partition coefficient (Wildman–Crippen LogP) is 22.3. The summed E-state index contributed by atoms with van der Waals surface area (Å²) < 4.78 is 0. The highest BCUT2D eigenvalue weighted by Gasteiger charge is 2.37. The minimum Gasteiger partial charge on any atom is -0.317 e. The van der Waals surface area contributed by atoms with Crippen molar-refractivity contribution >= 4 is 78.0 Å². The van der Waals surface area contributed by atoms with E-state index in [0.717, 1.165) is 52.4 Å². The van der Waals surface area contributed by atoms with Crippen molar-refractivity contribution in [2.45, 2.75) is 51.4 Å². The fourth-order valence-corrected chi connectivity index (χ4v) is 15.3. The topological polar surface area (TPSA) is 6.48 Å². The van der Waals surface area contributed by atoms with E-state index >= 15 is 0 Å². The highest BCUT2D eigenvalue weighted by atomic mass is 15.1. The van der Waals surface area contributed by atoms with Gasteiger partial charge in [-0.05, 0) is 224 Å². The molecular formula is C88H68N2. The Morgan fingerprint density at radius 1 is 0.400 bits per heavy atom. The fraction of sp³-hybridized carbons (Fsp3) is 0.0909. The number of hydrogen-bond donors (Lipinski definition) is 0. The summed E-state index contributed by atoms with van der Waals surface area (Å²) >= 11 is 0. The summed E-state index contributed by atoms with van der Waals surface area (Å²) in [6.07, 6.45) is 12.9. The zero-order chi connectivity index (χ0) is 60.7. The largest absolute Gasteiger partial charge is 0.317 e. The molecule has 0 spiro atoms. The van der Waals surface area contributed by atoms with Crippen LogP contribution in [0.2, 0.25) is 0 Å². The zero-order valence-electron chi connectivity index (χ0n) is 51.4. The maximum Gasteiger partial charge on any atom is 0.0468 e. The summed E-state index contributed by atoms with van der Waals surface area (Å²) in [6.45, 7) is 13.8. The van der Waals surface area contributed by atoms with E-state index in [0.29, 0.717) is 0 Å². The average Bonchev–Trinajstić information content (AvgIpc) is 1.02. The quantitative estimate of drug-likeness (QED) is 0.0889. The third kappa shape index (κ3) is 9.00. The molecule has 0 heterocycles. The molecule has 13 aromatic carbocycles. The summed E-state index contributed by atoms with van der Waals surface area (Å²) in [7, 11) is 0. The Morgan fingerprint density at radius 2 is 0.944 bits per heavy atom. The molecule has 0 saturated heterocycles.